The summed E-state index contributed by atoms with van der Waals surface area (Å²) in [5.74, 6) is 1.40. The van der Waals surface area contributed by atoms with Gasteiger partial charge >= 0.3 is 0 Å². The van der Waals surface area contributed by atoms with Gasteiger partial charge in [-0.15, -0.1) is 0 Å². The minimum absolute atomic E-state index is 0.00584. The van der Waals surface area contributed by atoms with Gasteiger partial charge in [0.05, 0.1) is 16.8 Å². The zero-order valence-corrected chi connectivity index (χ0v) is 18.3. The zero-order valence-electron chi connectivity index (χ0n) is 17.5. The molecule has 1 aliphatic heterocycles. The van der Waals surface area contributed by atoms with E-state index >= 15 is 0 Å². The summed E-state index contributed by atoms with van der Waals surface area (Å²) in [5, 5.41) is 3.89. The number of pyridine rings is 1. The number of nitrogens with zero attached hydrogens (tertiary/aromatic N) is 4. The number of hydrogen-bond acceptors (Lipinski definition) is 5. The van der Waals surface area contributed by atoms with Crippen molar-refractivity contribution in [3.8, 4) is 0 Å². The number of fused-ring (bicyclic) bond motifs is 1. The first-order chi connectivity index (χ1) is 14.7. The number of nitrogens with one attached hydrogen (secondary N) is 1. The third kappa shape index (κ3) is 4.95. The Morgan fingerprint density at radius 2 is 1.90 bits per heavy atom. The number of amides is 1. The van der Waals surface area contributed by atoms with Crippen LogP contribution in [0.25, 0.3) is 11.0 Å². The number of thioether (sulfide) groups is 1. The van der Waals surface area contributed by atoms with Gasteiger partial charge in [0.15, 0.2) is 5.16 Å². The molecule has 0 unspecified atom stereocenters. The van der Waals surface area contributed by atoms with Crippen LogP contribution in [0.2, 0.25) is 0 Å². The number of rotatable bonds is 7. The van der Waals surface area contributed by atoms with E-state index in [1.807, 2.05) is 24.4 Å². The highest BCUT2D eigenvalue weighted by molar-refractivity contribution is 7.99. The number of aromatic nitrogens is 3. The van der Waals surface area contributed by atoms with Gasteiger partial charge < -0.3 is 14.8 Å². The number of aryl methyl sites for hydroxylation is 1. The van der Waals surface area contributed by atoms with Crippen molar-refractivity contribution < 1.29 is 4.79 Å². The molecule has 6 nitrogen and oxygen atoms in total. The molecule has 7 heteroatoms. The van der Waals surface area contributed by atoms with Gasteiger partial charge in [0.25, 0.3) is 0 Å². The highest BCUT2D eigenvalue weighted by Gasteiger charge is 2.13. The Morgan fingerprint density at radius 3 is 2.63 bits per heavy atom. The maximum Gasteiger partial charge on any atom is 0.230 e. The van der Waals surface area contributed by atoms with E-state index in [1.165, 1.54) is 37.4 Å². The lowest BCUT2D eigenvalue weighted by Crippen LogP contribution is -2.26. The van der Waals surface area contributed by atoms with Crippen LogP contribution in [0.3, 0.4) is 0 Å². The van der Waals surface area contributed by atoms with E-state index in [4.69, 9.17) is 0 Å². The Labute approximate surface area is 182 Å². The molecule has 1 aromatic carbocycles. The summed E-state index contributed by atoms with van der Waals surface area (Å²) in [6, 6.07) is 12.2. The Hall–Kier alpha value is -2.54. The summed E-state index contributed by atoms with van der Waals surface area (Å²) < 4.78 is 2.15. The lowest BCUT2D eigenvalue weighted by atomic mass is 10.2. The van der Waals surface area contributed by atoms with Crippen LogP contribution in [0.5, 0.6) is 0 Å². The standard InChI is InChI=1S/C23H29N5OS/c1-2-28-20-10-6-5-9-19(20)26-23(28)30-17-22(29)25-16-18-11-12-21(24-15-18)27-13-7-3-4-8-14-27/h5-6,9-12,15H,2-4,7-8,13-14,16-17H2,1H3,(H,25,29). The molecule has 3 heterocycles. The molecular weight excluding hydrogens is 394 g/mol. The molecule has 1 saturated heterocycles. The molecule has 1 aliphatic rings. The number of benzene rings is 1. The Balaban J connectivity index is 1.29. The van der Waals surface area contributed by atoms with Crippen LogP contribution >= 0.6 is 11.8 Å². The van der Waals surface area contributed by atoms with Crippen molar-refractivity contribution in [2.75, 3.05) is 23.7 Å². The molecule has 0 radical (unpaired) electrons. The van der Waals surface area contributed by atoms with E-state index in [9.17, 15) is 4.79 Å². The van der Waals surface area contributed by atoms with Crippen molar-refractivity contribution in [2.24, 2.45) is 0 Å². The van der Waals surface area contributed by atoms with Gasteiger partial charge in [-0.3, -0.25) is 4.79 Å². The number of hydrogen-bond donors (Lipinski definition) is 1. The molecule has 3 aromatic rings. The number of anilines is 1. The van der Waals surface area contributed by atoms with Gasteiger partial charge in [-0.05, 0) is 43.5 Å². The fourth-order valence-corrected chi connectivity index (χ4v) is 4.77. The normalized spacial score (nSPS) is 14.6. The second kappa shape index (κ2) is 9.98. The van der Waals surface area contributed by atoms with E-state index in [-0.39, 0.29) is 5.91 Å². The lowest BCUT2D eigenvalue weighted by Gasteiger charge is -2.21. The fourth-order valence-electron chi connectivity index (χ4n) is 3.86. The van der Waals surface area contributed by atoms with Crippen molar-refractivity contribution in [1.29, 1.82) is 0 Å². The third-order valence-electron chi connectivity index (χ3n) is 5.50. The molecule has 1 N–H and O–H groups in total. The van der Waals surface area contributed by atoms with Crippen LogP contribution < -0.4 is 10.2 Å². The van der Waals surface area contributed by atoms with Crippen LogP contribution in [-0.4, -0.2) is 39.3 Å². The minimum Gasteiger partial charge on any atom is -0.357 e. The van der Waals surface area contributed by atoms with Crippen molar-refractivity contribution in [2.45, 2.75) is 50.9 Å². The number of carbonyl (C=O) groups is 1. The first kappa shape index (κ1) is 20.7. The number of carbonyl (C=O) groups excluding carboxylic acids is 1. The number of imidazole rings is 1. The second-order valence-electron chi connectivity index (χ2n) is 7.62. The van der Waals surface area contributed by atoms with Gasteiger partial charge in [0.2, 0.25) is 5.91 Å². The highest BCUT2D eigenvalue weighted by atomic mass is 32.2. The predicted molar refractivity (Wildman–Crippen MR) is 123 cm³/mol. The smallest absolute Gasteiger partial charge is 0.230 e. The zero-order chi connectivity index (χ0) is 20.8. The van der Waals surface area contributed by atoms with E-state index in [2.05, 4.69) is 49.9 Å². The van der Waals surface area contributed by atoms with Crippen LogP contribution in [0.15, 0.2) is 47.8 Å². The summed E-state index contributed by atoms with van der Waals surface area (Å²) in [6.45, 7) is 5.60. The van der Waals surface area contributed by atoms with Crippen LogP contribution in [0, 0.1) is 0 Å². The molecule has 1 fully saturated rings. The maximum absolute atomic E-state index is 12.4. The van der Waals surface area contributed by atoms with Crippen LogP contribution in [-0.2, 0) is 17.9 Å². The molecule has 2 aromatic heterocycles. The Kier molecular flexibility index (Phi) is 6.89. The number of para-hydroxylation sites is 2. The molecule has 1 amide bonds. The summed E-state index contributed by atoms with van der Waals surface area (Å²) in [7, 11) is 0. The third-order valence-corrected chi connectivity index (χ3v) is 6.47. The van der Waals surface area contributed by atoms with Crippen LogP contribution in [0.4, 0.5) is 5.82 Å². The molecule has 0 saturated carbocycles. The van der Waals surface area contributed by atoms with Gasteiger partial charge in [-0.25, -0.2) is 9.97 Å². The van der Waals surface area contributed by atoms with Crippen molar-refractivity contribution in [1.82, 2.24) is 19.9 Å². The van der Waals surface area contributed by atoms with Gasteiger partial charge in [0, 0.05) is 32.4 Å². The van der Waals surface area contributed by atoms with E-state index in [0.29, 0.717) is 12.3 Å². The molecular formula is C23H29N5OS. The topological polar surface area (TPSA) is 63.1 Å². The quantitative estimate of drug-likeness (QED) is 0.576. The second-order valence-corrected chi connectivity index (χ2v) is 8.56. The Morgan fingerprint density at radius 1 is 1.10 bits per heavy atom. The first-order valence-corrected chi connectivity index (χ1v) is 11.8. The molecule has 158 valence electrons. The van der Waals surface area contributed by atoms with Gasteiger partial charge in [-0.2, -0.15) is 0 Å². The molecule has 30 heavy (non-hydrogen) atoms. The van der Waals surface area contributed by atoms with Gasteiger partial charge in [-0.1, -0.05) is 42.8 Å². The molecule has 0 bridgehead atoms. The van der Waals surface area contributed by atoms with Crippen molar-refractivity contribution in [3.63, 3.8) is 0 Å². The monoisotopic (exact) mass is 423 g/mol. The first-order valence-electron chi connectivity index (χ1n) is 10.8. The summed E-state index contributed by atoms with van der Waals surface area (Å²) in [4.78, 5) is 24.0. The average Bonchev–Trinajstić information content (AvgIpc) is 2.93. The van der Waals surface area contributed by atoms with E-state index < -0.39 is 0 Å². The highest BCUT2D eigenvalue weighted by Crippen LogP contribution is 2.24. The van der Waals surface area contributed by atoms with Crippen molar-refractivity contribution >= 4 is 34.5 Å². The Bertz CT molecular complexity index is 977. The summed E-state index contributed by atoms with van der Waals surface area (Å²) in [5.41, 5.74) is 3.10. The molecule has 0 atom stereocenters. The van der Waals surface area contributed by atoms with Crippen molar-refractivity contribution in [3.05, 3.63) is 48.2 Å². The average molecular weight is 424 g/mol. The predicted octanol–water partition coefficient (Wildman–Crippen LogP) is 4.24. The van der Waals surface area contributed by atoms with Crippen LogP contribution in [0.1, 0.15) is 38.2 Å². The maximum atomic E-state index is 12.4. The fraction of sp³-hybridized carbons (Fsp3) is 0.435. The van der Waals surface area contributed by atoms with E-state index in [0.717, 1.165) is 47.2 Å². The van der Waals surface area contributed by atoms with Gasteiger partial charge in [0.1, 0.15) is 5.82 Å². The lowest BCUT2D eigenvalue weighted by molar-refractivity contribution is -0.118. The summed E-state index contributed by atoms with van der Waals surface area (Å²) in [6.07, 6.45) is 6.98. The molecule has 0 aliphatic carbocycles. The SMILES string of the molecule is CCn1c(SCC(=O)NCc2ccc(N3CCCCCC3)nc2)nc2ccccc21. The molecule has 0 spiro atoms. The van der Waals surface area contributed by atoms with E-state index in [1.54, 1.807) is 0 Å². The largest absolute Gasteiger partial charge is 0.357 e. The molecule has 4 rings (SSSR count). The minimum atomic E-state index is 0.00584. The summed E-state index contributed by atoms with van der Waals surface area (Å²) >= 11 is 1.48.